The van der Waals surface area contributed by atoms with Gasteiger partial charge in [0, 0.05) is 101 Å². The molecule has 0 unspecified atom stereocenters. The molecule has 10 N–H and O–H groups in total. The molecule has 141 heavy (non-hydrogen) atoms. The van der Waals surface area contributed by atoms with E-state index in [0.717, 1.165) is 83.9 Å². The minimum atomic E-state index is -1.11. The van der Waals surface area contributed by atoms with Crippen molar-refractivity contribution < 1.29 is 106 Å². The highest BCUT2D eigenvalue weighted by Gasteiger charge is 2.34. The van der Waals surface area contributed by atoms with Crippen LogP contribution in [-0.4, -0.2) is 199 Å². The van der Waals surface area contributed by atoms with Gasteiger partial charge in [0.15, 0.2) is 40.4 Å². The Hall–Kier alpha value is -15.7. The molecule has 2 aliphatic rings. The Bertz CT molecular complexity index is 6640. The van der Waals surface area contributed by atoms with Crippen molar-refractivity contribution in [3.05, 3.63) is 292 Å². The Labute approximate surface area is 832 Å². The number of imidazole rings is 2. The number of halogens is 2. The molecule has 0 saturated carbocycles. The number of aromatic amines is 1. The molecule has 7 heterocycles. The number of fused-ring (bicyclic) bond motifs is 2. The molecule has 12 aromatic rings. The number of Topliss-reactive ketones (excluding diaryl/α,β-unsaturated/α-hetero) is 3. The number of thioether (sulfide) groups is 3. The normalized spacial score (nSPS) is 11.8. The molecule has 0 atom stereocenters. The monoisotopic (exact) mass is 2040 g/mol. The van der Waals surface area contributed by atoms with Crippen LogP contribution in [0.5, 0.6) is 5.75 Å². The molecule has 738 valence electrons. The third-order valence-corrected chi connectivity index (χ3v) is 23.8. The number of H-pyrrole nitrogens is 1. The zero-order chi connectivity index (χ0) is 102. The van der Waals surface area contributed by atoms with Crippen molar-refractivity contribution in [2.24, 2.45) is 12.1 Å². The van der Waals surface area contributed by atoms with Crippen LogP contribution in [0.15, 0.2) is 213 Å². The van der Waals surface area contributed by atoms with Crippen LogP contribution in [0.1, 0.15) is 145 Å². The number of oxazole rings is 1. The number of para-hydroxylation sites is 4. The molecule has 14 rings (SSSR count). The van der Waals surface area contributed by atoms with E-state index in [9.17, 15) is 76.9 Å². The maximum Gasteiger partial charge on any atom is 0.341 e. The smallest absolute Gasteiger partial charge is 0.341 e. The number of nitroso groups, excluding NO2 is 1. The number of carbonyl (C=O) groups excluding carboxylic acids is 7. The molecule has 1 saturated heterocycles. The average Bonchev–Trinajstić information content (AvgIpc) is 1.62. The van der Waals surface area contributed by atoms with Crippen molar-refractivity contribution in [2.45, 2.75) is 115 Å². The minimum Gasteiger partial charge on any atom is -0.481 e. The number of aryl methyl sites for hydroxylation is 3. The molecule has 7 aromatic carbocycles. The summed E-state index contributed by atoms with van der Waals surface area (Å²) in [5.74, 6) is -4.81. The predicted octanol–water partition coefficient (Wildman–Crippen LogP) is 15.8. The van der Waals surface area contributed by atoms with Gasteiger partial charge in [0.2, 0.25) is 17.7 Å². The van der Waals surface area contributed by atoms with Crippen LogP contribution in [0, 0.1) is 41.6 Å². The Kier molecular flexibility index (Phi) is 44.4. The number of carbonyl (C=O) groups is 12. The van der Waals surface area contributed by atoms with Gasteiger partial charge in [-0.25, -0.2) is 39.2 Å². The zero-order valence-electron chi connectivity index (χ0n) is 76.1. The first-order chi connectivity index (χ1) is 66.6. The van der Waals surface area contributed by atoms with E-state index in [1.165, 1.54) is 62.5 Å². The number of aliphatic carboxylic acids is 3. The third-order valence-electron chi connectivity index (χ3n) is 19.1. The van der Waals surface area contributed by atoms with Gasteiger partial charge in [-0.1, -0.05) is 151 Å². The first-order valence-corrected chi connectivity index (χ1v) is 46.1. The van der Waals surface area contributed by atoms with E-state index >= 15 is 0 Å². The second-order valence-electron chi connectivity index (χ2n) is 29.8. The second kappa shape index (κ2) is 55.7. The summed E-state index contributed by atoms with van der Waals surface area (Å²) in [6, 6.07) is 44.8. The molecule has 0 spiro atoms. The van der Waals surface area contributed by atoms with Crippen molar-refractivity contribution >= 4 is 197 Å². The largest absolute Gasteiger partial charge is 0.481 e. The Morgan fingerprint density at radius 1 is 0.752 bits per heavy atom. The van der Waals surface area contributed by atoms with Crippen molar-refractivity contribution in [3.63, 3.8) is 0 Å². The average molecular weight is 2050 g/mol. The van der Waals surface area contributed by atoms with E-state index in [1.807, 2.05) is 67.8 Å². The highest BCUT2D eigenvalue weighted by molar-refractivity contribution is 8.26. The number of aromatic carboxylic acids is 2. The number of benzene rings is 7. The molecule has 1 fully saturated rings. The molecular weight excluding hydrogens is 1950 g/mol. The number of aromatic nitrogens is 9. The van der Waals surface area contributed by atoms with Gasteiger partial charge in [-0.05, 0) is 144 Å². The Morgan fingerprint density at radius 2 is 1.44 bits per heavy atom. The van der Waals surface area contributed by atoms with E-state index in [1.54, 1.807) is 150 Å². The zero-order valence-corrected chi connectivity index (χ0v) is 80.9. The number of amides is 4. The number of carboxylic acids is 5. The number of rotatable bonds is 35. The fourth-order valence-electron chi connectivity index (χ4n) is 12.2. The van der Waals surface area contributed by atoms with Gasteiger partial charge in [-0.3, -0.25) is 58.5 Å². The van der Waals surface area contributed by atoms with E-state index in [-0.39, 0.29) is 103 Å². The van der Waals surface area contributed by atoms with Crippen LogP contribution in [-0.2, 0) is 77.1 Å². The highest BCUT2D eigenvalue weighted by atomic mass is 35.5. The maximum atomic E-state index is 13.3. The second-order valence-corrected chi connectivity index (χ2v) is 35.2. The fourth-order valence-corrected chi connectivity index (χ4v) is 16.1. The van der Waals surface area contributed by atoms with Gasteiger partial charge in [0.05, 0.1) is 98.9 Å². The predicted molar refractivity (Wildman–Crippen MR) is 534 cm³/mol. The lowest BCUT2D eigenvalue weighted by molar-refractivity contribution is -0.428. The molecule has 0 bridgehead atoms. The highest BCUT2D eigenvalue weighted by Crippen LogP contribution is 2.36. The van der Waals surface area contributed by atoms with Gasteiger partial charge in [0.1, 0.15) is 44.5 Å². The van der Waals surface area contributed by atoms with Crippen LogP contribution < -0.4 is 31.0 Å². The van der Waals surface area contributed by atoms with Crippen LogP contribution >= 0.6 is 70.4 Å². The molecule has 47 heteroatoms. The molecule has 2 aliphatic heterocycles. The Morgan fingerprint density at radius 3 is 2.09 bits per heavy atom. The molecule has 40 nitrogen and oxygen atoms in total. The van der Waals surface area contributed by atoms with E-state index in [2.05, 4.69) is 68.4 Å². The summed E-state index contributed by atoms with van der Waals surface area (Å²) in [7, 11) is 4.65. The number of hydrazone groups is 1. The van der Waals surface area contributed by atoms with Crippen molar-refractivity contribution in [1.29, 1.82) is 0 Å². The van der Waals surface area contributed by atoms with Crippen LogP contribution in [0.4, 0.5) is 33.0 Å². The SMILES string of the molecule is C.C=C1NC(=O)c2c(nc(SCC(=O)O)n2C)N1C.CC(=O)CCCN1C(=O)/C(=C/c2ccccc2[N+](=O)[O-])SC1=S.CC(=O)Cc1coc(CC(=O)c2cccc(Cl)c2)n1.C[N+](=O)c1ccc(F)c(NC(=O)CCC(=O)O)c1.Cc1n[nH]c(C)c1CCC(=O)N/N=C\c1ccccc1OCC(=O)O.Cc1nnc(SCc2ccc(C(=O)O)cc2)s1.O=C(O)c1cccc(NCn2cnc3ccccc32)c1. The molecule has 0 radical (unpaired) electrons. The summed E-state index contributed by atoms with van der Waals surface area (Å²) < 4.78 is 29.1. The fraction of sp³-hybridized carbons (Fsp3) is 0.234. The number of ketones is 3. The van der Waals surface area contributed by atoms with Gasteiger partial charge >= 0.3 is 29.8 Å². The maximum absolute atomic E-state index is 13.3. The summed E-state index contributed by atoms with van der Waals surface area (Å²) in [5.41, 5.74) is 12.1. The first-order valence-electron chi connectivity index (χ1n) is 41.7. The molecule has 0 aliphatic carbocycles. The number of hydrogen-bond donors (Lipinski definition) is 10. The quantitative estimate of drug-likeness (QED) is 0.00258. The number of ether oxygens (including phenoxy) is 1. The lowest BCUT2D eigenvalue weighted by atomic mass is 10.1. The van der Waals surface area contributed by atoms with Crippen LogP contribution in [0.3, 0.4) is 0 Å². The summed E-state index contributed by atoms with van der Waals surface area (Å²) in [6.45, 7) is 12.9. The van der Waals surface area contributed by atoms with Gasteiger partial charge in [-0.2, -0.15) is 10.2 Å². The number of nitro groups is 1. The van der Waals surface area contributed by atoms with Gasteiger partial charge in [0.25, 0.3) is 23.2 Å². The molecule has 4 amide bonds. The van der Waals surface area contributed by atoms with E-state index in [4.69, 9.17) is 58.5 Å². The Balaban J connectivity index is 0.000000224. The number of nitro benzene ring substituents is 1. The summed E-state index contributed by atoms with van der Waals surface area (Å²) in [5, 5.41) is 83.3. The number of carboxylic acid groups (broad SMARTS) is 5. The minimum absolute atomic E-state index is 0. The number of nitrogens with one attached hydrogen (secondary N) is 5. The van der Waals surface area contributed by atoms with E-state index < -0.39 is 53.1 Å². The molecular formula is C94H97ClFN18O22S5+. The van der Waals surface area contributed by atoms with E-state index in [0.29, 0.717) is 114 Å². The van der Waals surface area contributed by atoms with Crippen LogP contribution in [0.2, 0.25) is 5.02 Å². The summed E-state index contributed by atoms with van der Waals surface area (Å²) in [4.78, 5) is 172. The topological polar surface area (TPSA) is 562 Å². The van der Waals surface area contributed by atoms with Crippen LogP contribution in [0.25, 0.3) is 17.1 Å². The lowest BCUT2D eigenvalue weighted by Crippen LogP contribution is -2.39. The number of thiocarbonyl (C=S) groups is 1. The standard InChI is InChI=1S/C17H20N4O4.C15H13N3O2.C15H14N2O4S2.C14H12ClNO3.C11H11FN2O4.C11H10N2O2S2.C10H12N4O3S.CH4/c1-11-14(12(2)20-19-11)7-8-16(22)21-18-9-13-5-3-4-6-15(13)25-10-17(23)24;19-15(20)11-4-3-5-12(8-11)16-9-18-10-17-13-6-1-2-7-14(13)18;1-10(18)5-4-8-16-14(19)13(23-15(16)22)9-11-6-2-3-7-12(11)17(20)21;1-9(17)5-12-8-19-14(16-12)7-13(18)10-3-2-4-11(15)6-10;1-14(18)7-2-3-8(12)9(6-7)13-10(15)4-5-11(16)17;1-7-12-13-11(17-7)16-6-8-2-4-9(5-3-8)10(14)15;1-5-11-9(17)7-8(13(5)2)12-10(14(7)3)18-4-6(15)16;/h3-6,9H,7-8,10H2,1-2H3,(H,19,20)(H,21,22)(H,23,24);1-8,10,16H,9H2,(H,19,20);2-3,6-7,9H,4-5,8H2,1H3;2-4,6,8H,5,7H2,1H3;2-3,6H,4-5H2,1H3,(H-,13,15,16,17);2-5H,6H2,1H3,(H,14,15);1,4H2,2-3H3,(H,11,17)(H,15,16);1H4/p+1/b18-9-;;13-9-;;;;;. The number of anilines is 3. The van der Waals surface area contributed by atoms with Crippen molar-refractivity contribution in [1.82, 2.24) is 60.1 Å². The third kappa shape index (κ3) is 36.3. The van der Waals surface area contributed by atoms with Crippen molar-refractivity contribution in [3.8, 4) is 5.75 Å². The summed E-state index contributed by atoms with van der Waals surface area (Å²) in [6.07, 6.45) is 7.55. The summed E-state index contributed by atoms with van der Waals surface area (Å²) >= 11 is 16.4. The number of hydrogen-bond acceptors (Lipinski definition) is 31. The van der Waals surface area contributed by atoms with Gasteiger partial charge in [-0.15, -0.1) is 10.2 Å². The first kappa shape index (κ1) is 112. The van der Waals surface area contributed by atoms with Gasteiger partial charge < -0.3 is 69.5 Å². The lowest BCUT2D eigenvalue weighted by Gasteiger charge is -2.25. The van der Waals surface area contributed by atoms with Crippen molar-refractivity contribution in [2.75, 3.05) is 48.5 Å². The number of nitrogens with zero attached hydrogens (tertiary/aromatic N) is 13. The molecule has 5 aromatic heterocycles.